The van der Waals surface area contributed by atoms with Crippen LogP contribution in [0.4, 0.5) is 5.69 Å². The average molecular weight is 317 g/mol. The Morgan fingerprint density at radius 2 is 1.67 bits per heavy atom. The van der Waals surface area contributed by atoms with Gasteiger partial charge < -0.3 is 10.1 Å². The molecule has 120 valence electrons. The fourth-order valence-corrected chi connectivity index (χ4v) is 2.38. The molecular weight excluding hydrogens is 298 g/mol. The van der Waals surface area contributed by atoms with E-state index >= 15 is 0 Å². The zero-order valence-electron chi connectivity index (χ0n) is 13.5. The lowest BCUT2D eigenvalue weighted by atomic mass is 10.1. The van der Waals surface area contributed by atoms with E-state index in [1.54, 1.807) is 12.1 Å². The summed E-state index contributed by atoms with van der Waals surface area (Å²) in [6.45, 7) is 2.44. The number of rotatable bonds is 5. The van der Waals surface area contributed by atoms with Gasteiger partial charge in [-0.1, -0.05) is 54.6 Å². The van der Waals surface area contributed by atoms with Gasteiger partial charge in [-0.25, -0.2) is 0 Å². The molecule has 0 aliphatic rings. The van der Waals surface area contributed by atoms with Crippen LogP contribution >= 0.6 is 0 Å². The van der Waals surface area contributed by atoms with Crippen LogP contribution < -0.4 is 10.1 Å². The van der Waals surface area contributed by atoms with E-state index in [0.29, 0.717) is 17.9 Å². The maximum Gasteiger partial charge on any atom is 0.255 e. The molecule has 0 heterocycles. The van der Waals surface area contributed by atoms with Crippen LogP contribution in [0, 0.1) is 6.92 Å². The number of nitrogens with one attached hydrogen (secondary N) is 1. The quantitative estimate of drug-likeness (QED) is 0.732. The number of benzene rings is 3. The molecule has 0 saturated heterocycles. The SMILES string of the molecule is Cc1ccccc1NC(=O)c1cccc(OCc2ccccc2)c1. The fraction of sp³-hybridized carbons (Fsp3) is 0.0952. The maximum atomic E-state index is 12.4. The van der Waals surface area contributed by atoms with Crippen LogP contribution in [0.1, 0.15) is 21.5 Å². The normalized spacial score (nSPS) is 10.2. The predicted octanol–water partition coefficient (Wildman–Crippen LogP) is 4.83. The molecule has 0 radical (unpaired) electrons. The van der Waals surface area contributed by atoms with Gasteiger partial charge in [-0.05, 0) is 42.3 Å². The Balaban J connectivity index is 1.68. The number of aryl methyl sites for hydroxylation is 1. The molecule has 3 rings (SSSR count). The van der Waals surface area contributed by atoms with Gasteiger partial charge in [0, 0.05) is 11.3 Å². The number of para-hydroxylation sites is 1. The molecule has 0 spiro atoms. The van der Waals surface area contributed by atoms with E-state index < -0.39 is 0 Å². The minimum atomic E-state index is -0.144. The highest BCUT2D eigenvalue weighted by Gasteiger charge is 2.08. The third-order valence-electron chi connectivity index (χ3n) is 3.74. The molecule has 24 heavy (non-hydrogen) atoms. The van der Waals surface area contributed by atoms with Crippen molar-refractivity contribution in [1.82, 2.24) is 0 Å². The number of anilines is 1. The third-order valence-corrected chi connectivity index (χ3v) is 3.74. The molecule has 0 saturated carbocycles. The summed E-state index contributed by atoms with van der Waals surface area (Å²) < 4.78 is 5.78. The van der Waals surface area contributed by atoms with Crippen LogP contribution in [-0.2, 0) is 6.61 Å². The zero-order chi connectivity index (χ0) is 16.8. The molecule has 1 amide bonds. The molecule has 0 bridgehead atoms. The van der Waals surface area contributed by atoms with Gasteiger partial charge in [-0.3, -0.25) is 4.79 Å². The van der Waals surface area contributed by atoms with E-state index in [0.717, 1.165) is 16.8 Å². The summed E-state index contributed by atoms with van der Waals surface area (Å²) in [6.07, 6.45) is 0. The summed E-state index contributed by atoms with van der Waals surface area (Å²) in [6, 6.07) is 24.9. The predicted molar refractivity (Wildman–Crippen MR) is 96.3 cm³/mol. The first-order valence-corrected chi connectivity index (χ1v) is 7.86. The lowest BCUT2D eigenvalue weighted by Crippen LogP contribution is -2.12. The Morgan fingerprint density at radius 3 is 2.46 bits per heavy atom. The van der Waals surface area contributed by atoms with Gasteiger partial charge in [-0.2, -0.15) is 0 Å². The van der Waals surface area contributed by atoms with Crippen molar-refractivity contribution in [3.05, 3.63) is 95.6 Å². The van der Waals surface area contributed by atoms with Crippen molar-refractivity contribution in [2.45, 2.75) is 13.5 Å². The van der Waals surface area contributed by atoms with Gasteiger partial charge in [0.1, 0.15) is 12.4 Å². The summed E-state index contributed by atoms with van der Waals surface area (Å²) in [5.41, 5.74) is 3.51. The number of amides is 1. The van der Waals surface area contributed by atoms with Crippen molar-refractivity contribution >= 4 is 11.6 Å². The Bertz CT molecular complexity index is 828. The molecule has 3 heteroatoms. The zero-order valence-corrected chi connectivity index (χ0v) is 13.5. The Labute approximate surface area is 141 Å². The number of carbonyl (C=O) groups is 1. The molecule has 0 atom stereocenters. The first-order chi connectivity index (χ1) is 11.7. The molecule has 0 aliphatic heterocycles. The van der Waals surface area contributed by atoms with Gasteiger partial charge in [0.05, 0.1) is 0 Å². The third kappa shape index (κ3) is 4.02. The molecule has 3 nitrogen and oxygen atoms in total. The van der Waals surface area contributed by atoms with E-state index in [-0.39, 0.29) is 5.91 Å². The number of hydrogen-bond donors (Lipinski definition) is 1. The highest BCUT2D eigenvalue weighted by atomic mass is 16.5. The van der Waals surface area contributed by atoms with Crippen LogP contribution in [0.2, 0.25) is 0 Å². The van der Waals surface area contributed by atoms with Crippen molar-refractivity contribution in [1.29, 1.82) is 0 Å². The van der Waals surface area contributed by atoms with Crippen molar-refractivity contribution < 1.29 is 9.53 Å². The van der Waals surface area contributed by atoms with Crippen LogP contribution in [-0.4, -0.2) is 5.91 Å². The molecule has 3 aromatic rings. The molecule has 0 fully saturated rings. The van der Waals surface area contributed by atoms with Crippen LogP contribution in [0.25, 0.3) is 0 Å². The molecule has 3 aromatic carbocycles. The highest BCUT2D eigenvalue weighted by Crippen LogP contribution is 2.18. The maximum absolute atomic E-state index is 12.4. The van der Waals surface area contributed by atoms with Crippen molar-refractivity contribution in [2.24, 2.45) is 0 Å². The molecule has 0 aromatic heterocycles. The van der Waals surface area contributed by atoms with Crippen molar-refractivity contribution in [2.75, 3.05) is 5.32 Å². The first kappa shape index (κ1) is 15.8. The molecule has 1 N–H and O–H groups in total. The van der Waals surface area contributed by atoms with E-state index in [1.165, 1.54) is 0 Å². The van der Waals surface area contributed by atoms with Crippen LogP contribution in [0.5, 0.6) is 5.75 Å². The van der Waals surface area contributed by atoms with Crippen molar-refractivity contribution in [3.8, 4) is 5.75 Å². The number of ether oxygens (including phenoxy) is 1. The monoisotopic (exact) mass is 317 g/mol. The summed E-state index contributed by atoms with van der Waals surface area (Å²) in [5, 5.41) is 2.93. The van der Waals surface area contributed by atoms with Crippen molar-refractivity contribution in [3.63, 3.8) is 0 Å². The molecular formula is C21H19NO2. The second-order valence-electron chi connectivity index (χ2n) is 5.57. The standard InChI is InChI=1S/C21H19NO2/c1-16-8-5-6-13-20(16)22-21(23)18-11-7-12-19(14-18)24-15-17-9-3-2-4-10-17/h2-14H,15H2,1H3,(H,22,23). The molecule has 0 aliphatic carbocycles. The summed E-state index contributed by atoms with van der Waals surface area (Å²) in [7, 11) is 0. The lowest BCUT2D eigenvalue weighted by molar-refractivity contribution is 0.102. The smallest absolute Gasteiger partial charge is 0.255 e. The summed E-state index contributed by atoms with van der Waals surface area (Å²) in [4.78, 5) is 12.4. The van der Waals surface area contributed by atoms with E-state index in [4.69, 9.17) is 4.74 Å². The minimum absolute atomic E-state index is 0.144. The van der Waals surface area contributed by atoms with E-state index in [2.05, 4.69) is 5.32 Å². The Morgan fingerprint density at radius 1 is 0.917 bits per heavy atom. The average Bonchev–Trinajstić information content (AvgIpc) is 2.63. The van der Waals surface area contributed by atoms with Gasteiger partial charge in [0.25, 0.3) is 5.91 Å². The van der Waals surface area contributed by atoms with Gasteiger partial charge >= 0.3 is 0 Å². The summed E-state index contributed by atoms with van der Waals surface area (Å²) >= 11 is 0. The van der Waals surface area contributed by atoms with E-state index in [1.807, 2.05) is 73.7 Å². The molecule has 0 unspecified atom stereocenters. The number of carbonyl (C=O) groups excluding carboxylic acids is 1. The highest BCUT2D eigenvalue weighted by molar-refractivity contribution is 6.04. The first-order valence-electron chi connectivity index (χ1n) is 7.86. The minimum Gasteiger partial charge on any atom is -0.489 e. The lowest BCUT2D eigenvalue weighted by Gasteiger charge is -2.10. The van der Waals surface area contributed by atoms with Gasteiger partial charge in [0.2, 0.25) is 0 Å². The van der Waals surface area contributed by atoms with E-state index in [9.17, 15) is 4.79 Å². The fourth-order valence-electron chi connectivity index (χ4n) is 2.38. The van der Waals surface area contributed by atoms with Gasteiger partial charge in [0.15, 0.2) is 0 Å². The number of hydrogen-bond acceptors (Lipinski definition) is 2. The largest absolute Gasteiger partial charge is 0.489 e. The summed E-state index contributed by atoms with van der Waals surface area (Å²) in [5.74, 6) is 0.533. The van der Waals surface area contributed by atoms with Gasteiger partial charge in [-0.15, -0.1) is 0 Å². The topological polar surface area (TPSA) is 38.3 Å². The second-order valence-corrected chi connectivity index (χ2v) is 5.57. The Hall–Kier alpha value is -3.07. The second kappa shape index (κ2) is 7.47. The van der Waals surface area contributed by atoms with Crippen LogP contribution in [0.15, 0.2) is 78.9 Å². The Kier molecular flexibility index (Phi) is 4.92. The van der Waals surface area contributed by atoms with Crippen LogP contribution in [0.3, 0.4) is 0 Å².